The molecular weight excluding hydrogens is 358 g/mol. The maximum atomic E-state index is 12.6. The number of halogens is 1. The van der Waals surface area contributed by atoms with Gasteiger partial charge in [0.25, 0.3) is 5.91 Å². The molecule has 1 amide bonds. The smallest absolute Gasteiger partial charge is 0.256 e. The summed E-state index contributed by atoms with van der Waals surface area (Å²) >= 11 is 6.45. The van der Waals surface area contributed by atoms with E-state index in [4.69, 9.17) is 11.6 Å². The lowest BCUT2D eigenvalue weighted by molar-refractivity contribution is 0.0952. The van der Waals surface area contributed by atoms with Gasteiger partial charge in [-0.25, -0.2) is 4.68 Å². The van der Waals surface area contributed by atoms with Crippen molar-refractivity contribution in [2.24, 2.45) is 0 Å². The van der Waals surface area contributed by atoms with Crippen LogP contribution in [0.4, 0.5) is 0 Å². The zero-order chi connectivity index (χ0) is 19.2. The number of carbonyl (C=O) groups is 1. The molecule has 0 aliphatic rings. The second-order valence-corrected chi connectivity index (χ2v) is 7.11. The molecule has 1 unspecified atom stereocenters. The zero-order valence-corrected chi connectivity index (χ0v) is 16.4. The van der Waals surface area contributed by atoms with Gasteiger partial charge in [0, 0.05) is 6.54 Å². The number of hydrogen-bond acceptors (Lipinski definition) is 2. The van der Waals surface area contributed by atoms with Crippen LogP contribution in [-0.4, -0.2) is 22.2 Å². The van der Waals surface area contributed by atoms with Crippen LogP contribution in [0.2, 0.25) is 5.15 Å². The van der Waals surface area contributed by atoms with Crippen LogP contribution in [0.3, 0.4) is 0 Å². The average molecular weight is 382 g/mol. The van der Waals surface area contributed by atoms with Gasteiger partial charge in [-0.1, -0.05) is 79.2 Å². The molecule has 0 spiro atoms. The third-order valence-corrected chi connectivity index (χ3v) is 5.08. The monoisotopic (exact) mass is 381 g/mol. The average Bonchev–Trinajstić information content (AvgIpc) is 2.96. The van der Waals surface area contributed by atoms with Crippen LogP contribution >= 0.6 is 11.6 Å². The Kier molecular flexibility index (Phi) is 6.30. The Morgan fingerprint density at radius 1 is 1.11 bits per heavy atom. The number of benzene rings is 2. The molecule has 27 heavy (non-hydrogen) atoms. The molecule has 3 aromatic rings. The van der Waals surface area contributed by atoms with E-state index in [1.165, 1.54) is 5.56 Å². The normalized spacial score (nSPS) is 12.0. The molecule has 1 aromatic heterocycles. The fourth-order valence-electron chi connectivity index (χ4n) is 3.11. The van der Waals surface area contributed by atoms with E-state index in [9.17, 15) is 4.79 Å². The van der Waals surface area contributed by atoms with Crippen molar-refractivity contribution >= 4 is 17.5 Å². The predicted molar refractivity (Wildman–Crippen MR) is 109 cm³/mol. The zero-order valence-electron chi connectivity index (χ0n) is 15.7. The molecule has 1 heterocycles. The van der Waals surface area contributed by atoms with Gasteiger partial charge in [-0.05, 0) is 30.4 Å². The van der Waals surface area contributed by atoms with Crippen molar-refractivity contribution in [3.63, 3.8) is 0 Å². The van der Waals surface area contributed by atoms with Gasteiger partial charge >= 0.3 is 0 Å². The summed E-state index contributed by atoms with van der Waals surface area (Å²) in [6, 6.07) is 20.2. The van der Waals surface area contributed by atoms with Crippen molar-refractivity contribution in [3.05, 3.63) is 88.2 Å². The Hall–Kier alpha value is -2.59. The van der Waals surface area contributed by atoms with Crippen molar-refractivity contribution in [3.8, 4) is 0 Å². The van der Waals surface area contributed by atoms with Gasteiger partial charge in [-0.15, -0.1) is 0 Å². The summed E-state index contributed by atoms with van der Waals surface area (Å²) in [7, 11) is 0. The van der Waals surface area contributed by atoms with Gasteiger partial charge < -0.3 is 5.32 Å². The minimum Gasteiger partial charge on any atom is -0.352 e. The number of aromatic nitrogens is 2. The van der Waals surface area contributed by atoms with Crippen LogP contribution in [-0.2, 0) is 6.54 Å². The Labute approximate surface area is 165 Å². The Balaban J connectivity index is 1.61. The van der Waals surface area contributed by atoms with E-state index in [-0.39, 0.29) is 5.91 Å². The van der Waals surface area contributed by atoms with Crippen LogP contribution in [0, 0.1) is 6.92 Å². The van der Waals surface area contributed by atoms with Crippen LogP contribution in [0.15, 0.2) is 60.7 Å². The van der Waals surface area contributed by atoms with E-state index >= 15 is 0 Å². The molecule has 0 radical (unpaired) electrons. The summed E-state index contributed by atoms with van der Waals surface area (Å²) in [5, 5.41) is 7.80. The number of amides is 1. The lowest BCUT2D eigenvalue weighted by atomic mass is 9.98. The third-order valence-electron chi connectivity index (χ3n) is 4.70. The molecule has 0 aliphatic carbocycles. The Morgan fingerprint density at radius 2 is 1.74 bits per heavy atom. The van der Waals surface area contributed by atoms with E-state index in [1.54, 1.807) is 4.68 Å². The fourth-order valence-corrected chi connectivity index (χ4v) is 3.43. The number of carbonyl (C=O) groups excluding carboxylic acids is 1. The maximum Gasteiger partial charge on any atom is 0.256 e. The van der Waals surface area contributed by atoms with E-state index in [0.29, 0.717) is 35.4 Å². The van der Waals surface area contributed by atoms with Crippen LogP contribution in [0.1, 0.15) is 46.4 Å². The van der Waals surface area contributed by atoms with Gasteiger partial charge in [0.2, 0.25) is 0 Å². The predicted octanol–water partition coefficient (Wildman–Crippen LogP) is 4.82. The second kappa shape index (κ2) is 8.87. The molecule has 0 saturated heterocycles. The summed E-state index contributed by atoms with van der Waals surface area (Å²) in [4.78, 5) is 12.6. The summed E-state index contributed by atoms with van der Waals surface area (Å²) in [5.74, 6) is 0.209. The molecule has 0 aliphatic heterocycles. The molecular formula is C22H24ClN3O. The number of rotatable bonds is 7. The van der Waals surface area contributed by atoms with E-state index in [1.807, 2.05) is 55.5 Å². The van der Waals surface area contributed by atoms with Gasteiger partial charge in [0.15, 0.2) is 0 Å². The van der Waals surface area contributed by atoms with Gasteiger partial charge in [0.05, 0.1) is 17.8 Å². The first-order valence-corrected chi connectivity index (χ1v) is 9.54. The summed E-state index contributed by atoms with van der Waals surface area (Å²) in [6.45, 7) is 5.11. The van der Waals surface area contributed by atoms with Gasteiger partial charge in [-0.2, -0.15) is 5.10 Å². The molecule has 0 saturated carbocycles. The highest BCUT2D eigenvalue weighted by Gasteiger charge is 2.20. The Morgan fingerprint density at radius 3 is 2.41 bits per heavy atom. The number of aryl methyl sites for hydroxylation is 1. The van der Waals surface area contributed by atoms with Crippen molar-refractivity contribution in [1.82, 2.24) is 15.1 Å². The van der Waals surface area contributed by atoms with Crippen LogP contribution in [0.5, 0.6) is 0 Å². The van der Waals surface area contributed by atoms with Crippen LogP contribution in [0.25, 0.3) is 0 Å². The first-order valence-electron chi connectivity index (χ1n) is 9.16. The molecule has 0 bridgehead atoms. The molecule has 1 atom stereocenters. The molecule has 5 heteroatoms. The number of nitrogens with one attached hydrogen (secondary N) is 1. The Bertz CT molecular complexity index is 891. The van der Waals surface area contributed by atoms with E-state index in [0.717, 1.165) is 12.0 Å². The topological polar surface area (TPSA) is 46.9 Å². The highest BCUT2D eigenvalue weighted by Crippen LogP contribution is 2.21. The molecule has 3 rings (SSSR count). The molecule has 2 aromatic carbocycles. The van der Waals surface area contributed by atoms with E-state index < -0.39 is 0 Å². The SMILES string of the molecule is Cc1nn(Cc2ccccc2)c(Cl)c1C(=O)NCCC(C)c1ccccc1. The lowest BCUT2D eigenvalue weighted by Crippen LogP contribution is -2.26. The summed E-state index contributed by atoms with van der Waals surface area (Å²) in [6.07, 6.45) is 0.866. The minimum absolute atomic E-state index is 0.169. The molecule has 4 nitrogen and oxygen atoms in total. The van der Waals surface area contributed by atoms with Crippen molar-refractivity contribution in [2.75, 3.05) is 6.54 Å². The maximum absolute atomic E-state index is 12.6. The van der Waals surface area contributed by atoms with Crippen molar-refractivity contribution < 1.29 is 4.79 Å². The van der Waals surface area contributed by atoms with Crippen molar-refractivity contribution in [2.45, 2.75) is 32.7 Å². The standard InChI is InChI=1S/C22H24ClN3O/c1-16(19-11-7-4-8-12-19)13-14-24-22(27)20-17(2)25-26(21(20)23)15-18-9-5-3-6-10-18/h3-12,16H,13-15H2,1-2H3,(H,24,27). The molecule has 140 valence electrons. The highest BCUT2D eigenvalue weighted by molar-refractivity contribution is 6.33. The molecule has 1 N–H and O–H groups in total. The number of hydrogen-bond donors (Lipinski definition) is 1. The molecule has 0 fully saturated rings. The van der Waals surface area contributed by atoms with Crippen molar-refractivity contribution in [1.29, 1.82) is 0 Å². The minimum atomic E-state index is -0.169. The van der Waals surface area contributed by atoms with Gasteiger partial charge in [-0.3, -0.25) is 4.79 Å². The quantitative estimate of drug-likeness (QED) is 0.638. The first kappa shape index (κ1) is 19.2. The fraction of sp³-hybridized carbons (Fsp3) is 0.273. The van der Waals surface area contributed by atoms with Gasteiger partial charge in [0.1, 0.15) is 5.15 Å². The lowest BCUT2D eigenvalue weighted by Gasteiger charge is -2.12. The highest BCUT2D eigenvalue weighted by atomic mass is 35.5. The summed E-state index contributed by atoms with van der Waals surface area (Å²) in [5.41, 5.74) is 3.46. The first-order chi connectivity index (χ1) is 13.1. The largest absolute Gasteiger partial charge is 0.352 e. The second-order valence-electron chi connectivity index (χ2n) is 6.75. The van der Waals surface area contributed by atoms with E-state index in [2.05, 4.69) is 29.5 Å². The third kappa shape index (κ3) is 4.77. The van der Waals surface area contributed by atoms with Crippen LogP contribution < -0.4 is 5.32 Å². The number of nitrogens with zero attached hydrogens (tertiary/aromatic N) is 2. The summed E-state index contributed by atoms with van der Waals surface area (Å²) < 4.78 is 1.67.